The topological polar surface area (TPSA) is 116 Å². The molecule has 0 spiro atoms. The molecule has 2 rings (SSSR count). The Hall–Kier alpha value is -3.95. The number of nitrogens with zero attached hydrogens (tertiary/aromatic N) is 1. The van der Waals surface area contributed by atoms with Crippen molar-refractivity contribution in [2.24, 2.45) is 0 Å². The number of hydrogen-bond acceptors (Lipinski definition) is 6. The van der Waals surface area contributed by atoms with Crippen molar-refractivity contribution in [1.82, 2.24) is 5.32 Å². The zero-order valence-corrected chi connectivity index (χ0v) is 16.0. The van der Waals surface area contributed by atoms with E-state index in [1.165, 1.54) is 29.2 Å². The van der Waals surface area contributed by atoms with Crippen LogP contribution in [-0.4, -0.2) is 48.5 Å². The molecule has 0 heterocycles. The number of carboxylic acids is 1. The summed E-state index contributed by atoms with van der Waals surface area (Å²) < 4.78 is 31.9. The van der Waals surface area contributed by atoms with Gasteiger partial charge in [-0.15, -0.1) is 0 Å². The SMILES string of the molecule is CN(C)c1cc(Oc2ccc(F)c(F)c2)ccc1C(=O)C(=CO)C(=O)NCC(=O)O. The lowest BCUT2D eigenvalue weighted by atomic mass is 10.0. The minimum atomic E-state index is -1.32. The maximum Gasteiger partial charge on any atom is 0.322 e. The van der Waals surface area contributed by atoms with Gasteiger partial charge in [0, 0.05) is 31.8 Å². The van der Waals surface area contributed by atoms with Crippen molar-refractivity contribution in [2.45, 2.75) is 0 Å². The largest absolute Gasteiger partial charge is 0.515 e. The Morgan fingerprint density at radius 2 is 1.70 bits per heavy atom. The van der Waals surface area contributed by atoms with Crippen LogP contribution in [0.4, 0.5) is 14.5 Å². The van der Waals surface area contributed by atoms with Crippen LogP contribution < -0.4 is 15.0 Å². The van der Waals surface area contributed by atoms with Gasteiger partial charge in [-0.05, 0) is 24.3 Å². The summed E-state index contributed by atoms with van der Waals surface area (Å²) in [6, 6.07) is 7.12. The number of aliphatic hydroxyl groups is 1. The normalized spacial score (nSPS) is 11.0. The van der Waals surface area contributed by atoms with Gasteiger partial charge in [-0.3, -0.25) is 14.4 Å². The predicted molar refractivity (Wildman–Crippen MR) is 103 cm³/mol. The van der Waals surface area contributed by atoms with Crippen LogP contribution >= 0.6 is 0 Å². The van der Waals surface area contributed by atoms with Crippen molar-refractivity contribution < 1.29 is 38.1 Å². The van der Waals surface area contributed by atoms with Gasteiger partial charge in [-0.2, -0.15) is 0 Å². The van der Waals surface area contributed by atoms with E-state index in [1.54, 1.807) is 14.1 Å². The van der Waals surface area contributed by atoms with Crippen LogP contribution in [-0.2, 0) is 9.59 Å². The molecule has 2 aromatic carbocycles. The third-order valence-corrected chi connectivity index (χ3v) is 3.84. The number of halogens is 2. The van der Waals surface area contributed by atoms with Crippen molar-refractivity contribution in [3.63, 3.8) is 0 Å². The highest BCUT2D eigenvalue weighted by atomic mass is 19.2. The van der Waals surface area contributed by atoms with E-state index in [9.17, 15) is 28.3 Å². The third-order valence-electron chi connectivity index (χ3n) is 3.84. The summed E-state index contributed by atoms with van der Waals surface area (Å²) in [6.45, 7) is -0.731. The van der Waals surface area contributed by atoms with Crippen LogP contribution in [0, 0.1) is 11.6 Å². The number of carbonyl (C=O) groups excluding carboxylic acids is 2. The molecule has 3 N–H and O–H groups in total. The van der Waals surface area contributed by atoms with Gasteiger partial charge in [0.2, 0.25) is 5.78 Å². The quantitative estimate of drug-likeness (QED) is 0.198. The minimum absolute atomic E-state index is 0.0170. The van der Waals surface area contributed by atoms with Gasteiger partial charge in [0.05, 0.1) is 11.9 Å². The second-order valence-corrected chi connectivity index (χ2v) is 6.20. The number of carbonyl (C=O) groups is 3. The number of nitrogens with one attached hydrogen (secondary N) is 1. The lowest BCUT2D eigenvalue weighted by molar-refractivity contribution is -0.137. The average Bonchev–Trinajstić information content (AvgIpc) is 2.69. The second kappa shape index (κ2) is 9.50. The summed E-state index contributed by atoms with van der Waals surface area (Å²) in [6.07, 6.45) is 0.296. The maximum atomic E-state index is 13.4. The Bertz CT molecular complexity index is 1020. The lowest BCUT2D eigenvalue weighted by Crippen LogP contribution is -2.33. The Kier molecular flexibility index (Phi) is 7.08. The number of benzene rings is 2. The molecular formula is C20H18F2N2O6. The highest BCUT2D eigenvalue weighted by Crippen LogP contribution is 2.30. The number of anilines is 1. The highest BCUT2D eigenvalue weighted by Gasteiger charge is 2.24. The molecule has 0 saturated heterocycles. The maximum absolute atomic E-state index is 13.4. The van der Waals surface area contributed by atoms with Gasteiger partial charge in [0.25, 0.3) is 5.91 Å². The Morgan fingerprint density at radius 1 is 1.07 bits per heavy atom. The molecule has 0 saturated carbocycles. The highest BCUT2D eigenvalue weighted by molar-refractivity contribution is 6.27. The summed E-state index contributed by atoms with van der Waals surface area (Å²) in [7, 11) is 3.22. The summed E-state index contributed by atoms with van der Waals surface area (Å²) >= 11 is 0. The van der Waals surface area contributed by atoms with Crippen LogP contribution in [0.3, 0.4) is 0 Å². The molecule has 0 aliphatic carbocycles. The van der Waals surface area contributed by atoms with Crippen molar-refractivity contribution in [3.8, 4) is 11.5 Å². The fraction of sp³-hybridized carbons (Fsp3) is 0.150. The average molecular weight is 420 g/mol. The third kappa shape index (κ3) is 5.31. The summed E-state index contributed by atoms with van der Waals surface area (Å²) in [5.41, 5.74) is -0.345. The number of amides is 1. The van der Waals surface area contributed by atoms with Crippen LogP contribution in [0.2, 0.25) is 0 Å². The van der Waals surface area contributed by atoms with Gasteiger partial charge in [0.15, 0.2) is 11.6 Å². The molecule has 8 nitrogen and oxygen atoms in total. The number of Topliss-reactive ketones (excluding diaryl/α,β-unsaturated/α-hetero) is 1. The van der Waals surface area contributed by atoms with Gasteiger partial charge in [-0.1, -0.05) is 0 Å². The summed E-state index contributed by atoms with van der Waals surface area (Å²) in [4.78, 5) is 36.9. The van der Waals surface area contributed by atoms with E-state index in [4.69, 9.17) is 9.84 Å². The van der Waals surface area contributed by atoms with Gasteiger partial charge >= 0.3 is 5.97 Å². The molecule has 0 aliphatic heterocycles. The van der Waals surface area contributed by atoms with E-state index in [2.05, 4.69) is 0 Å². The molecular weight excluding hydrogens is 402 g/mol. The smallest absolute Gasteiger partial charge is 0.322 e. The molecule has 0 radical (unpaired) electrons. The fourth-order valence-electron chi connectivity index (χ4n) is 2.43. The van der Waals surface area contributed by atoms with Crippen molar-refractivity contribution >= 4 is 23.3 Å². The number of rotatable bonds is 8. The predicted octanol–water partition coefficient (Wildman–Crippen LogP) is 2.65. The van der Waals surface area contributed by atoms with Crippen LogP contribution in [0.1, 0.15) is 10.4 Å². The first-order valence-corrected chi connectivity index (χ1v) is 8.47. The van der Waals surface area contributed by atoms with Gasteiger partial charge in [-0.25, -0.2) is 8.78 Å². The van der Waals surface area contributed by atoms with E-state index < -0.39 is 41.4 Å². The second-order valence-electron chi connectivity index (χ2n) is 6.20. The molecule has 10 heteroatoms. The lowest BCUT2D eigenvalue weighted by Gasteiger charge is -2.19. The zero-order valence-electron chi connectivity index (χ0n) is 16.0. The first-order valence-electron chi connectivity index (χ1n) is 8.47. The number of aliphatic carboxylic acids is 1. The molecule has 2 aromatic rings. The van der Waals surface area contributed by atoms with Crippen LogP contribution in [0.5, 0.6) is 11.5 Å². The van der Waals surface area contributed by atoms with Crippen molar-refractivity contribution in [1.29, 1.82) is 0 Å². The van der Waals surface area contributed by atoms with Gasteiger partial charge < -0.3 is 25.2 Å². The molecule has 30 heavy (non-hydrogen) atoms. The zero-order chi connectivity index (χ0) is 22.4. The fourth-order valence-corrected chi connectivity index (χ4v) is 2.43. The number of hydrogen-bond donors (Lipinski definition) is 3. The molecule has 0 unspecified atom stereocenters. The number of ketones is 1. The van der Waals surface area contributed by atoms with Crippen molar-refractivity contribution in [3.05, 3.63) is 65.4 Å². The molecule has 0 aliphatic rings. The molecule has 1 amide bonds. The Morgan fingerprint density at radius 3 is 2.27 bits per heavy atom. The number of aliphatic hydroxyl groups excluding tert-OH is 1. The molecule has 0 bridgehead atoms. The number of carboxylic acid groups (broad SMARTS) is 1. The number of ether oxygens (including phenoxy) is 1. The van der Waals surface area contributed by atoms with Gasteiger partial charge in [0.1, 0.15) is 23.6 Å². The van der Waals surface area contributed by atoms with E-state index in [0.29, 0.717) is 11.9 Å². The molecule has 0 atom stereocenters. The summed E-state index contributed by atoms with van der Waals surface area (Å²) in [5, 5.41) is 19.9. The monoisotopic (exact) mass is 420 g/mol. The van der Waals surface area contributed by atoms with Crippen LogP contribution in [0.15, 0.2) is 48.2 Å². The summed E-state index contributed by atoms with van der Waals surface area (Å²) in [5.74, 6) is -5.12. The van der Waals surface area contributed by atoms with E-state index in [1.807, 2.05) is 5.32 Å². The molecule has 0 fully saturated rings. The molecule has 158 valence electrons. The van der Waals surface area contributed by atoms with E-state index in [0.717, 1.165) is 12.1 Å². The Labute approximate surface area is 170 Å². The minimum Gasteiger partial charge on any atom is -0.515 e. The first-order chi connectivity index (χ1) is 14.1. The standard InChI is InChI=1S/C20H18F2N2O6/c1-24(2)17-8-12(30-11-4-6-15(21)16(22)7-11)3-5-13(17)19(28)14(10-25)20(29)23-9-18(26)27/h3-8,10,25H,9H2,1-2H3,(H,23,29)(H,26,27). The van der Waals surface area contributed by atoms with E-state index >= 15 is 0 Å². The molecule has 0 aromatic heterocycles. The van der Waals surface area contributed by atoms with Crippen molar-refractivity contribution in [2.75, 3.05) is 25.5 Å². The van der Waals surface area contributed by atoms with E-state index in [-0.39, 0.29) is 17.1 Å². The first kappa shape index (κ1) is 22.3. The van der Waals surface area contributed by atoms with Crippen LogP contribution in [0.25, 0.3) is 0 Å². The Balaban J connectivity index is 2.33.